The average molecular weight is 224 g/mol. The maximum Gasteiger partial charge on any atom is 0.224 e. The lowest BCUT2D eigenvalue weighted by Gasteiger charge is -2.15. The number of hydrogen-bond donors (Lipinski definition) is 3. The summed E-state index contributed by atoms with van der Waals surface area (Å²) in [7, 11) is 1.80. The molecule has 0 saturated carbocycles. The van der Waals surface area contributed by atoms with Gasteiger partial charge in [0.05, 0.1) is 0 Å². The van der Waals surface area contributed by atoms with Crippen molar-refractivity contribution in [2.75, 3.05) is 24.3 Å². The van der Waals surface area contributed by atoms with E-state index in [1.807, 2.05) is 6.92 Å². The Hall–Kier alpha value is -1.36. The highest BCUT2D eigenvalue weighted by Gasteiger charge is 2.06. The van der Waals surface area contributed by atoms with Gasteiger partial charge in [-0.25, -0.2) is 4.98 Å². The Morgan fingerprint density at radius 2 is 2.25 bits per heavy atom. The van der Waals surface area contributed by atoms with E-state index in [0.29, 0.717) is 12.0 Å². The van der Waals surface area contributed by atoms with Crippen molar-refractivity contribution in [1.29, 1.82) is 0 Å². The monoisotopic (exact) mass is 224 g/mol. The Kier molecular flexibility index (Phi) is 4.98. The van der Waals surface area contributed by atoms with Crippen LogP contribution in [-0.2, 0) is 0 Å². The lowest BCUT2D eigenvalue weighted by Crippen LogP contribution is -2.17. The van der Waals surface area contributed by atoms with Crippen LogP contribution in [0.2, 0.25) is 0 Å². The Labute approximate surface area is 96.3 Å². The zero-order valence-corrected chi connectivity index (χ0v) is 10.1. The molecule has 1 aromatic heterocycles. The minimum absolute atomic E-state index is 0.233. The number of aryl methyl sites for hydroxylation is 1. The summed E-state index contributed by atoms with van der Waals surface area (Å²) >= 11 is 0. The van der Waals surface area contributed by atoms with Crippen molar-refractivity contribution >= 4 is 11.8 Å². The van der Waals surface area contributed by atoms with Gasteiger partial charge in [0.15, 0.2) is 0 Å². The zero-order chi connectivity index (χ0) is 12.0. The molecule has 1 unspecified atom stereocenters. The number of rotatable bonds is 6. The van der Waals surface area contributed by atoms with Crippen LogP contribution in [0.25, 0.3) is 0 Å². The highest BCUT2D eigenvalue weighted by molar-refractivity contribution is 5.46. The summed E-state index contributed by atoms with van der Waals surface area (Å²) < 4.78 is 0. The van der Waals surface area contributed by atoms with Gasteiger partial charge in [-0.15, -0.1) is 0 Å². The van der Waals surface area contributed by atoms with Crippen molar-refractivity contribution in [3.05, 3.63) is 11.8 Å². The van der Waals surface area contributed by atoms with Gasteiger partial charge in [-0.05, 0) is 26.7 Å². The molecule has 0 radical (unpaired) electrons. The lowest BCUT2D eigenvalue weighted by molar-refractivity contribution is 0.282. The first kappa shape index (κ1) is 12.7. The van der Waals surface area contributed by atoms with E-state index in [0.717, 1.165) is 24.2 Å². The van der Waals surface area contributed by atoms with Gasteiger partial charge in [-0.3, -0.25) is 0 Å². The lowest BCUT2D eigenvalue weighted by atomic mass is 10.2. The molecular formula is C11H20N4O. The molecule has 5 nitrogen and oxygen atoms in total. The third kappa shape index (κ3) is 3.66. The van der Waals surface area contributed by atoms with E-state index >= 15 is 0 Å². The minimum Gasteiger partial charge on any atom is -0.396 e. The molecule has 1 rings (SSSR count). The summed E-state index contributed by atoms with van der Waals surface area (Å²) in [5.41, 5.74) is 1.02. The van der Waals surface area contributed by atoms with Gasteiger partial charge in [-0.1, -0.05) is 0 Å². The molecular weight excluding hydrogens is 204 g/mol. The number of aliphatic hydroxyl groups excluding tert-OH is 1. The van der Waals surface area contributed by atoms with Gasteiger partial charge in [0.2, 0.25) is 5.95 Å². The summed E-state index contributed by atoms with van der Waals surface area (Å²) in [4.78, 5) is 8.47. The Morgan fingerprint density at radius 1 is 1.50 bits per heavy atom. The Balaban J connectivity index is 2.64. The molecule has 0 bridgehead atoms. The molecule has 90 valence electrons. The molecule has 0 fully saturated rings. The van der Waals surface area contributed by atoms with Crippen LogP contribution in [-0.4, -0.2) is 34.8 Å². The second-order valence-electron chi connectivity index (χ2n) is 3.89. The van der Waals surface area contributed by atoms with Crippen LogP contribution in [0.3, 0.4) is 0 Å². The number of nitrogens with zero attached hydrogens (tertiary/aromatic N) is 2. The van der Waals surface area contributed by atoms with E-state index in [1.54, 1.807) is 13.2 Å². The molecule has 1 aromatic rings. The molecule has 0 aliphatic carbocycles. The number of nitrogens with one attached hydrogen (secondary N) is 2. The molecule has 1 atom stereocenters. The topological polar surface area (TPSA) is 70.1 Å². The van der Waals surface area contributed by atoms with E-state index in [9.17, 15) is 0 Å². The van der Waals surface area contributed by atoms with Crippen molar-refractivity contribution in [3.63, 3.8) is 0 Å². The maximum atomic E-state index is 8.75. The fourth-order valence-electron chi connectivity index (χ4n) is 1.41. The standard InChI is InChI=1S/C11H20N4O/c1-8-7-13-11(12-3)15-10(8)14-9(2)5-4-6-16/h7,9,16H,4-6H2,1-3H3,(H2,12,13,14,15). The van der Waals surface area contributed by atoms with E-state index in [-0.39, 0.29) is 6.61 Å². The van der Waals surface area contributed by atoms with Crippen molar-refractivity contribution < 1.29 is 5.11 Å². The van der Waals surface area contributed by atoms with Crippen molar-refractivity contribution in [2.24, 2.45) is 0 Å². The van der Waals surface area contributed by atoms with Crippen LogP contribution in [0.4, 0.5) is 11.8 Å². The summed E-state index contributed by atoms with van der Waals surface area (Å²) in [6.07, 6.45) is 3.52. The van der Waals surface area contributed by atoms with Crippen LogP contribution in [0.5, 0.6) is 0 Å². The third-order valence-corrected chi connectivity index (χ3v) is 2.37. The third-order valence-electron chi connectivity index (χ3n) is 2.37. The average Bonchev–Trinajstić information content (AvgIpc) is 2.29. The predicted molar refractivity (Wildman–Crippen MR) is 65.7 cm³/mol. The van der Waals surface area contributed by atoms with E-state index in [1.165, 1.54) is 0 Å². The first-order chi connectivity index (χ1) is 7.67. The number of anilines is 2. The van der Waals surface area contributed by atoms with Gasteiger partial charge in [0.25, 0.3) is 0 Å². The molecule has 0 aliphatic rings. The molecule has 0 aromatic carbocycles. The van der Waals surface area contributed by atoms with Crippen LogP contribution < -0.4 is 10.6 Å². The Bertz CT molecular complexity index is 330. The van der Waals surface area contributed by atoms with Crippen LogP contribution >= 0.6 is 0 Å². The first-order valence-electron chi connectivity index (χ1n) is 5.56. The summed E-state index contributed by atoms with van der Waals surface area (Å²) in [5.74, 6) is 1.47. The molecule has 1 heterocycles. The minimum atomic E-state index is 0.233. The molecule has 0 spiro atoms. The Morgan fingerprint density at radius 3 is 2.88 bits per heavy atom. The van der Waals surface area contributed by atoms with Gasteiger partial charge < -0.3 is 15.7 Å². The van der Waals surface area contributed by atoms with Crippen LogP contribution in [0.15, 0.2) is 6.20 Å². The summed E-state index contributed by atoms with van der Waals surface area (Å²) in [6, 6.07) is 0.297. The fraction of sp³-hybridized carbons (Fsp3) is 0.636. The summed E-state index contributed by atoms with van der Waals surface area (Å²) in [6.45, 7) is 4.29. The quantitative estimate of drug-likeness (QED) is 0.681. The van der Waals surface area contributed by atoms with Crippen LogP contribution in [0.1, 0.15) is 25.3 Å². The van der Waals surface area contributed by atoms with Crippen LogP contribution in [0, 0.1) is 6.92 Å². The zero-order valence-electron chi connectivity index (χ0n) is 10.1. The molecule has 0 aliphatic heterocycles. The van der Waals surface area contributed by atoms with Crippen molar-refractivity contribution in [1.82, 2.24) is 9.97 Å². The molecule has 16 heavy (non-hydrogen) atoms. The number of aliphatic hydroxyl groups is 1. The van der Waals surface area contributed by atoms with Gasteiger partial charge in [-0.2, -0.15) is 4.98 Å². The van der Waals surface area contributed by atoms with E-state index in [4.69, 9.17) is 5.11 Å². The molecule has 0 saturated heterocycles. The molecule has 0 amide bonds. The molecule has 5 heteroatoms. The predicted octanol–water partition coefficient (Wildman–Crippen LogP) is 1.40. The molecule has 3 N–H and O–H groups in total. The smallest absolute Gasteiger partial charge is 0.224 e. The second-order valence-corrected chi connectivity index (χ2v) is 3.89. The maximum absolute atomic E-state index is 8.75. The van der Waals surface area contributed by atoms with Crippen molar-refractivity contribution in [3.8, 4) is 0 Å². The highest BCUT2D eigenvalue weighted by Crippen LogP contribution is 2.14. The summed E-state index contributed by atoms with van der Waals surface area (Å²) in [5, 5.41) is 15.0. The SMILES string of the molecule is CNc1ncc(C)c(NC(C)CCCO)n1. The van der Waals surface area contributed by atoms with Crippen molar-refractivity contribution in [2.45, 2.75) is 32.7 Å². The number of hydrogen-bond acceptors (Lipinski definition) is 5. The highest BCUT2D eigenvalue weighted by atomic mass is 16.2. The van der Waals surface area contributed by atoms with E-state index < -0.39 is 0 Å². The number of aromatic nitrogens is 2. The largest absolute Gasteiger partial charge is 0.396 e. The fourth-order valence-corrected chi connectivity index (χ4v) is 1.41. The second kappa shape index (κ2) is 6.27. The van der Waals surface area contributed by atoms with Gasteiger partial charge >= 0.3 is 0 Å². The van der Waals surface area contributed by atoms with E-state index in [2.05, 4.69) is 27.5 Å². The van der Waals surface area contributed by atoms with Gasteiger partial charge in [0.1, 0.15) is 5.82 Å². The first-order valence-corrected chi connectivity index (χ1v) is 5.56. The van der Waals surface area contributed by atoms with Gasteiger partial charge in [0, 0.05) is 31.5 Å². The normalized spacial score (nSPS) is 12.2.